The molecule has 0 saturated carbocycles. The minimum atomic E-state index is -1.20. The van der Waals surface area contributed by atoms with Crippen LogP contribution in [0.4, 0.5) is 0 Å². The summed E-state index contributed by atoms with van der Waals surface area (Å²) in [5.74, 6) is 0. The van der Waals surface area contributed by atoms with Gasteiger partial charge in [0.15, 0.2) is 8.38 Å². The molecule has 1 unspecified atom stereocenters. The third kappa shape index (κ3) is 6.43. The van der Waals surface area contributed by atoms with Gasteiger partial charge in [-0.25, -0.2) is 0 Å². The second kappa shape index (κ2) is 7.42. The van der Waals surface area contributed by atoms with Gasteiger partial charge in [-0.1, -0.05) is 13.3 Å². The summed E-state index contributed by atoms with van der Waals surface area (Å²) in [5, 5.41) is 2.85. The van der Waals surface area contributed by atoms with Crippen LogP contribution in [0.15, 0.2) is 0 Å². The quantitative estimate of drug-likeness (QED) is 0.460. The third-order valence-corrected chi connectivity index (χ3v) is 2.10. The highest BCUT2D eigenvalue weighted by Gasteiger charge is 2.00. The van der Waals surface area contributed by atoms with E-state index in [1.54, 1.807) is 7.05 Å². The van der Waals surface area contributed by atoms with Gasteiger partial charge in [-0.2, -0.15) is 0 Å². The average molecular weight is 165 g/mol. The molecule has 0 aliphatic heterocycles. The average Bonchev–Trinajstić information content (AvgIpc) is 1.89. The summed E-state index contributed by atoms with van der Waals surface area (Å²) in [6.07, 6.45) is 2.71. The van der Waals surface area contributed by atoms with Gasteiger partial charge in [-0.15, -0.1) is 0 Å². The number of hydrogen-bond donors (Lipinski definition) is 2. The van der Waals surface area contributed by atoms with Crippen molar-refractivity contribution >= 4 is 8.38 Å². The van der Waals surface area contributed by atoms with Crippen LogP contribution in [0.2, 0.25) is 0 Å². The molecule has 0 radical (unpaired) electrons. The molecule has 0 aliphatic rings. The first-order valence-electron chi connectivity index (χ1n) is 3.55. The lowest BCUT2D eigenvalue weighted by molar-refractivity contribution is 0.301. The monoisotopic (exact) mass is 165 g/mol. The molecule has 0 aromatic carbocycles. The van der Waals surface area contributed by atoms with E-state index in [4.69, 9.17) is 9.42 Å². The van der Waals surface area contributed by atoms with Crippen molar-refractivity contribution in [3.8, 4) is 0 Å². The number of hydrogen-bond acceptors (Lipinski definition) is 3. The first kappa shape index (κ1) is 10.3. The molecule has 4 heteroatoms. The van der Waals surface area contributed by atoms with Crippen LogP contribution in [-0.4, -0.2) is 24.8 Å². The van der Waals surface area contributed by atoms with Crippen LogP contribution in [-0.2, 0) is 4.52 Å². The summed E-state index contributed by atoms with van der Waals surface area (Å²) in [4.78, 5) is 9.06. The van der Waals surface area contributed by atoms with Crippen molar-refractivity contribution in [3.05, 3.63) is 0 Å². The van der Waals surface area contributed by atoms with Crippen LogP contribution >= 0.6 is 8.38 Å². The lowest BCUT2D eigenvalue weighted by Gasteiger charge is -2.08. The zero-order chi connectivity index (χ0) is 7.82. The van der Waals surface area contributed by atoms with E-state index in [0.717, 1.165) is 12.8 Å². The van der Waals surface area contributed by atoms with Crippen molar-refractivity contribution in [1.82, 2.24) is 5.32 Å². The van der Waals surface area contributed by atoms with E-state index in [2.05, 4.69) is 12.2 Å². The summed E-state index contributed by atoms with van der Waals surface area (Å²) < 4.78 is 5.08. The van der Waals surface area contributed by atoms with Gasteiger partial charge >= 0.3 is 0 Å². The zero-order valence-electron chi connectivity index (χ0n) is 6.63. The summed E-state index contributed by atoms with van der Waals surface area (Å²) in [6, 6.07) is 0. The summed E-state index contributed by atoms with van der Waals surface area (Å²) in [6.45, 7) is 2.78. The zero-order valence-corrected chi connectivity index (χ0v) is 7.53. The molecule has 3 nitrogen and oxygen atoms in total. The summed E-state index contributed by atoms with van der Waals surface area (Å²) >= 11 is 0. The Morgan fingerprint density at radius 1 is 1.60 bits per heavy atom. The molecule has 0 rings (SSSR count). The molecule has 0 spiro atoms. The van der Waals surface area contributed by atoms with Gasteiger partial charge in [-0.05, 0) is 13.5 Å². The third-order valence-electron chi connectivity index (χ3n) is 1.03. The number of nitrogens with one attached hydrogen (secondary N) is 1. The largest absolute Gasteiger partial charge is 0.349 e. The molecule has 0 aromatic rings. The molecule has 62 valence electrons. The van der Waals surface area contributed by atoms with E-state index in [1.165, 1.54) is 0 Å². The molecule has 2 N–H and O–H groups in total. The van der Waals surface area contributed by atoms with Crippen LogP contribution in [0.25, 0.3) is 0 Å². The first-order chi connectivity index (χ1) is 4.81. The lowest BCUT2D eigenvalue weighted by atomic mass is 10.4. The van der Waals surface area contributed by atoms with Crippen molar-refractivity contribution < 1.29 is 9.42 Å². The van der Waals surface area contributed by atoms with Gasteiger partial charge in [0.25, 0.3) is 0 Å². The molecule has 0 saturated heterocycles. The molecule has 0 aromatic heterocycles. The Morgan fingerprint density at radius 2 is 2.30 bits per heavy atom. The van der Waals surface area contributed by atoms with Crippen molar-refractivity contribution in [3.63, 3.8) is 0 Å². The van der Waals surface area contributed by atoms with Gasteiger partial charge in [0.2, 0.25) is 0 Å². The highest BCUT2D eigenvalue weighted by molar-refractivity contribution is 7.46. The van der Waals surface area contributed by atoms with Crippen LogP contribution in [0.1, 0.15) is 19.8 Å². The molecule has 0 fully saturated rings. The van der Waals surface area contributed by atoms with Gasteiger partial charge in [0.1, 0.15) is 0 Å². The maximum absolute atomic E-state index is 9.06. The summed E-state index contributed by atoms with van der Waals surface area (Å²) in [5.41, 5.74) is 0. The van der Waals surface area contributed by atoms with E-state index in [1.807, 2.05) is 0 Å². The Bertz CT molecular complexity index is 72.8. The Balaban J connectivity index is 2.97. The van der Waals surface area contributed by atoms with Crippen molar-refractivity contribution in [2.24, 2.45) is 0 Å². The molecule has 1 atom stereocenters. The smallest absolute Gasteiger partial charge is 0.182 e. The Morgan fingerprint density at radius 3 is 2.80 bits per heavy atom. The normalized spacial score (nSPS) is 13.5. The second-order valence-electron chi connectivity index (χ2n) is 2.05. The standard InChI is InChI=1S/C6H16NO2P/c1-3-4-5-9-10(8)6-7-2/h7-8H,3-6H2,1-2H3. The van der Waals surface area contributed by atoms with Gasteiger partial charge in [-0.3, -0.25) is 0 Å². The molecule has 0 bridgehead atoms. The highest BCUT2D eigenvalue weighted by atomic mass is 31.2. The minimum absolute atomic E-state index is 0.568. The first-order valence-corrected chi connectivity index (χ1v) is 4.95. The van der Waals surface area contributed by atoms with E-state index in [-0.39, 0.29) is 0 Å². The lowest BCUT2D eigenvalue weighted by Crippen LogP contribution is -2.07. The van der Waals surface area contributed by atoms with Gasteiger partial charge in [0.05, 0.1) is 12.9 Å². The van der Waals surface area contributed by atoms with Crippen LogP contribution in [0.3, 0.4) is 0 Å². The highest BCUT2D eigenvalue weighted by Crippen LogP contribution is 2.28. The fraction of sp³-hybridized carbons (Fsp3) is 1.00. The van der Waals surface area contributed by atoms with Crippen LogP contribution < -0.4 is 5.32 Å². The maximum atomic E-state index is 9.06. The van der Waals surface area contributed by atoms with Crippen LogP contribution in [0.5, 0.6) is 0 Å². The van der Waals surface area contributed by atoms with Crippen molar-refractivity contribution in [1.29, 1.82) is 0 Å². The minimum Gasteiger partial charge on any atom is -0.349 e. The topological polar surface area (TPSA) is 41.5 Å². The van der Waals surface area contributed by atoms with E-state index in [0.29, 0.717) is 12.9 Å². The molecular formula is C6H16NO2P. The van der Waals surface area contributed by atoms with E-state index >= 15 is 0 Å². The molecule has 0 amide bonds. The number of unbranched alkanes of at least 4 members (excludes halogenated alkanes) is 1. The van der Waals surface area contributed by atoms with Crippen molar-refractivity contribution in [2.75, 3.05) is 19.9 Å². The summed E-state index contributed by atoms with van der Waals surface area (Å²) in [7, 11) is 0.597. The van der Waals surface area contributed by atoms with E-state index < -0.39 is 8.38 Å². The fourth-order valence-electron chi connectivity index (χ4n) is 0.495. The predicted octanol–water partition coefficient (Wildman–Crippen LogP) is 1.28. The second-order valence-corrected chi connectivity index (χ2v) is 3.33. The molecule has 0 heterocycles. The van der Waals surface area contributed by atoms with Crippen molar-refractivity contribution in [2.45, 2.75) is 19.8 Å². The number of rotatable bonds is 6. The fourth-order valence-corrected chi connectivity index (χ4v) is 1.20. The predicted molar refractivity (Wildman–Crippen MR) is 43.9 cm³/mol. The molecular weight excluding hydrogens is 149 g/mol. The maximum Gasteiger partial charge on any atom is 0.182 e. The van der Waals surface area contributed by atoms with Gasteiger partial charge in [0, 0.05) is 0 Å². The SMILES string of the molecule is CCCCOP(O)CNC. The Kier molecular flexibility index (Phi) is 7.65. The Labute approximate surface area is 63.7 Å². The van der Waals surface area contributed by atoms with Crippen LogP contribution in [0, 0.1) is 0 Å². The molecule has 10 heavy (non-hydrogen) atoms. The Hall–Kier alpha value is 0.310. The van der Waals surface area contributed by atoms with Gasteiger partial charge < -0.3 is 14.7 Å². The van der Waals surface area contributed by atoms with E-state index in [9.17, 15) is 0 Å². The molecule has 0 aliphatic carbocycles.